The second-order valence-corrected chi connectivity index (χ2v) is 12.7. The molecule has 11 heteroatoms. The molecular formula is C30H35ClIN2O6Si. The first-order chi connectivity index (χ1) is 19.4. The third kappa shape index (κ3) is 8.33. The maximum absolute atomic E-state index is 13.4. The lowest BCUT2D eigenvalue weighted by atomic mass is 9.81. The summed E-state index contributed by atoms with van der Waals surface area (Å²) in [7, 11) is 5.72. The average molecular weight is 710 g/mol. The van der Waals surface area contributed by atoms with E-state index in [1.54, 1.807) is 20.2 Å². The van der Waals surface area contributed by atoms with E-state index in [0.717, 1.165) is 11.1 Å². The number of pyridine rings is 2. The smallest absolute Gasteiger partial charge is 0.343 e. The number of esters is 1. The summed E-state index contributed by atoms with van der Waals surface area (Å²) in [5.74, 6) is -0.202. The Morgan fingerprint density at radius 1 is 1.10 bits per heavy atom. The van der Waals surface area contributed by atoms with Gasteiger partial charge in [0, 0.05) is 31.5 Å². The summed E-state index contributed by atoms with van der Waals surface area (Å²) in [5.41, 5.74) is 0.664. The van der Waals surface area contributed by atoms with Gasteiger partial charge in [0.1, 0.15) is 15.9 Å². The highest BCUT2D eigenvalue weighted by Gasteiger charge is 2.40. The molecule has 8 nitrogen and oxygen atoms in total. The average Bonchev–Trinajstić information content (AvgIpc) is 2.92. The topological polar surface area (TPSA) is 88.9 Å². The molecule has 0 bridgehead atoms. The summed E-state index contributed by atoms with van der Waals surface area (Å²) >= 11 is 8.56. The molecule has 3 radical (unpaired) electrons. The molecule has 0 fully saturated rings. The summed E-state index contributed by atoms with van der Waals surface area (Å²) in [6.07, 6.45) is 4.27. The third-order valence-corrected chi connectivity index (χ3v) is 8.96. The molecule has 0 saturated heterocycles. The van der Waals surface area contributed by atoms with Crippen LogP contribution in [0.2, 0.25) is 5.15 Å². The number of halogens is 2. The normalized spacial score (nSPS) is 13.0. The van der Waals surface area contributed by atoms with Crippen LogP contribution >= 0.6 is 34.2 Å². The first-order valence-electron chi connectivity index (χ1n) is 13.2. The molecule has 1 atom stereocenters. The second-order valence-electron chi connectivity index (χ2n) is 10.5. The molecule has 1 aromatic carbocycles. The molecule has 0 unspecified atom stereocenters. The molecular weight excluding hydrogens is 675 g/mol. The first kappa shape index (κ1) is 33.1. The van der Waals surface area contributed by atoms with Crippen molar-refractivity contribution in [2.24, 2.45) is 5.41 Å². The number of hydrogen-bond acceptors (Lipinski definition) is 7. The predicted molar refractivity (Wildman–Crippen MR) is 168 cm³/mol. The Morgan fingerprint density at radius 2 is 1.80 bits per heavy atom. The fourth-order valence-corrected chi connectivity index (χ4v) is 5.33. The molecule has 0 aliphatic heterocycles. The first-order valence-corrected chi connectivity index (χ1v) is 15.2. The Balaban J connectivity index is 2.09. The highest BCUT2D eigenvalue weighted by Crippen LogP contribution is 2.40. The fraction of sp³-hybridized carbons (Fsp3) is 0.433. The Bertz CT molecular complexity index is 1400. The summed E-state index contributed by atoms with van der Waals surface area (Å²) in [4.78, 5) is 30.8. The van der Waals surface area contributed by atoms with Crippen molar-refractivity contribution in [2.45, 2.75) is 52.3 Å². The van der Waals surface area contributed by atoms with Gasteiger partial charge in [-0.05, 0) is 58.5 Å². The number of carbonyl (C=O) groups excluding carboxylic acids is 1. The lowest BCUT2D eigenvalue weighted by Crippen LogP contribution is -2.49. The molecule has 41 heavy (non-hydrogen) atoms. The number of aromatic nitrogens is 2. The van der Waals surface area contributed by atoms with E-state index in [1.165, 1.54) is 6.20 Å². The number of methoxy groups -OCH3 is 1. The van der Waals surface area contributed by atoms with E-state index >= 15 is 0 Å². The Kier molecular flexibility index (Phi) is 11.8. The zero-order chi connectivity index (χ0) is 30.2. The van der Waals surface area contributed by atoms with Crippen molar-refractivity contribution in [1.82, 2.24) is 9.55 Å². The largest absolute Gasteiger partial charge is 0.490 e. The summed E-state index contributed by atoms with van der Waals surface area (Å²) in [6, 6.07) is 11.4. The van der Waals surface area contributed by atoms with Gasteiger partial charge in [0.05, 0.1) is 29.7 Å². The predicted octanol–water partition coefficient (Wildman–Crippen LogP) is 5.78. The number of nitrogens with zero attached hydrogens (tertiary/aromatic N) is 2. The Labute approximate surface area is 263 Å². The van der Waals surface area contributed by atoms with Crippen molar-refractivity contribution in [1.29, 1.82) is 0 Å². The van der Waals surface area contributed by atoms with E-state index in [1.807, 2.05) is 41.0 Å². The van der Waals surface area contributed by atoms with Crippen LogP contribution in [0.25, 0.3) is 0 Å². The van der Waals surface area contributed by atoms with Gasteiger partial charge in [-0.15, -0.1) is 0 Å². The van der Waals surface area contributed by atoms with Crippen LogP contribution in [-0.4, -0.2) is 52.7 Å². The zero-order valence-corrected chi connectivity index (χ0v) is 27.9. The molecule has 0 spiro atoms. The monoisotopic (exact) mass is 709 g/mol. The van der Waals surface area contributed by atoms with E-state index in [-0.39, 0.29) is 29.7 Å². The molecule has 0 amide bonds. The van der Waals surface area contributed by atoms with Crippen LogP contribution in [0, 0.1) is 9.12 Å². The van der Waals surface area contributed by atoms with Gasteiger partial charge in [-0.2, -0.15) is 0 Å². The number of benzene rings is 1. The summed E-state index contributed by atoms with van der Waals surface area (Å²) in [6.45, 7) is 9.17. The summed E-state index contributed by atoms with van der Waals surface area (Å²) < 4.78 is 24.7. The van der Waals surface area contributed by atoms with Crippen LogP contribution in [0.3, 0.4) is 0 Å². The number of ether oxygens (including phenoxy) is 4. The SMILES string of the molecule is CCOC(=O)c1cn([C@]([Si])(Cc2cc(OCCCOC)c(Cl)nc2I)C(C)(C)C)cc(OCc2ccccc2)c1=O. The Hall–Kier alpha value is -2.41. The van der Waals surface area contributed by atoms with Gasteiger partial charge in [-0.25, -0.2) is 9.78 Å². The number of carbonyl (C=O) groups is 1. The van der Waals surface area contributed by atoms with Gasteiger partial charge in [0.15, 0.2) is 16.7 Å². The Morgan fingerprint density at radius 3 is 2.44 bits per heavy atom. The minimum atomic E-state index is -0.852. The van der Waals surface area contributed by atoms with Gasteiger partial charge in [-0.3, -0.25) is 4.79 Å². The van der Waals surface area contributed by atoms with E-state index in [9.17, 15) is 9.59 Å². The van der Waals surface area contributed by atoms with Crippen LogP contribution in [0.4, 0.5) is 0 Å². The molecule has 0 aliphatic carbocycles. The lowest BCUT2D eigenvalue weighted by molar-refractivity contribution is 0.0521. The van der Waals surface area contributed by atoms with Gasteiger partial charge >= 0.3 is 5.97 Å². The van der Waals surface area contributed by atoms with Crippen LogP contribution in [0.15, 0.2) is 53.6 Å². The van der Waals surface area contributed by atoms with E-state index in [0.29, 0.717) is 35.5 Å². The third-order valence-electron chi connectivity index (χ3n) is 6.57. The molecule has 2 heterocycles. The highest BCUT2D eigenvalue weighted by atomic mass is 127. The minimum Gasteiger partial charge on any atom is -0.490 e. The maximum atomic E-state index is 13.4. The standard InChI is InChI=1S/C30H35ClIN2O6Si/c1-6-38-28(36)22-17-34(18-24(25(22)35)40-19-20-11-8-7-9-12-20)30(41,29(2,3)4)16-21-15-23(26(31)33-27(21)32)39-14-10-13-37-5/h7-9,11-12,15,17-18H,6,10,13-14,16,19H2,1-5H3/t30-/m0/s1. The van der Waals surface area contributed by atoms with Gasteiger partial charge < -0.3 is 23.5 Å². The fourth-order valence-electron chi connectivity index (χ4n) is 4.09. The van der Waals surface area contributed by atoms with Crippen molar-refractivity contribution in [3.05, 3.63) is 84.6 Å². The van der Waals surface area contributed by atoms with E-state index in [2.05, 4.69) is 58.6 Å². The molecule has 0 saturated carbocycles. The lowest BCUT2D eigenvalue weighted by Gasteiger charge is -2.45. The zero-order valence-electron chi connectivity index (χ0n) is 24.0. The summed E-state index contributed by atoms with van der Waals surface area (Å²) in [5, 5.41) is -0.578. The van der Waals surface area contributed by atoms with Crippen molar-refractivity contribution in [2.75, 3.05) is 26.9 Å². The molecule has 0 aliphatic rings. The second kappa shape index (κ2) is 14.7. The molecule has 219 valence electrons. The van der Waals surface area contributed by atoms with Crippen molar-refractivity contribution in [3.63, 3.8) is 0 Å². The molecule has 0 N–H and O–H groups in total. The molecule has 3 rings (SSSR count). The van der Waals surface area contributed by atoms with Crippen molar-refractivity contribution in [3.8, 4) is 11.5 Å². The van der Waals surface area contributed by atoms with Gasteiger partial charge in [0.2, 0.25) is 5.43 Å². The molecule has 2 aromatic heterocycles. The van der Waals surface area contributed by atoms with E-state index < -0.39 is 22.0 Å². The minimum absolute atomic E-state index is 0.0392. The van der Waals surface area contributed by atoms with Gasteiger partial charge in [-0.1, -0.05) is 62.7 Å². The quantitative estimate of drug-likeness (QED) is 0.0731. The number of hydrogen-bond donors (Lipinski definition) is 0. The van der Waals surface area contributed by atoms with Crippen molar-refractivity contribution < 1.29 is 23.7 Å². The van der Waals surface area contributed by atoms with E-state index in [4.69, 9.17) is 30.5 Å². The van der Waals surface area contributed by atoms with Crippen LogP contribution < -0.4 is 14.9 Å². The van der Waals surface area contributed by atoms with Crippen molar-refractivity contribution >= 4 is 50.4 Å². The van der Waals surface area contributed by atoms with Crippen LogP contribution in [0.5, 0.6) is 11.5 Å². The van der Waals surface area contributed by atoms with Gasteiger partial charge in [0.25, 0.3) is 0 Å². The number of rotatable bonds is 13. The van der Waals surface area contributed by atoms with Crippen LogP contribution in [-0.2, 0) is 27.7 Å². The highest BCUT2D eigenvalue weighted by molar-refractivity contribution is 14.1. The molecule has 3 aromatic rings. The maximum Gasteiger partial charge on any atom is 0.343 e. The van der Waals surface area contributed by atoms with Crippen LogP contribution in [0.1, 0.15) is 55.6 Å².